The Morgan fingerprint density at radius 2 is 2.28 bits per heavy atom. The fourth-order valence-corrected chi connectivity index (χ4v) is 1.37. The number of amides is 1. The summed E-state index contributed by atoms with van der Waals surface area (Å²) in [6.07, 6.45) is 2.00. The number of rotatable bonds is 4. The normalized spacial score (nSPS) is 14.9. The molecule has 1 atom stereocenters. The molecule has 18 heavy (non-hydrogen) atoms. The van der Waals surface area contributed by atoms with Crippen molar-refractivity contribution in [3.8, 4) is 0 Å². The van der Waals surface area contributed by atoms with Crippen LogP contribution in [0.1, 0.15) is 36.3 Å². The fraction of sp³-hybridized carbons (Fsp3) is 0.417. The van der Waals surface area contributed by atoms with Gasteiger partial charge in [-0.25, -0.2) is 0 Å². The van der Waals surface area contributed by atoms with Gasteiger partial charge in [0.05, 0.1) is 11.1 Å². The van der Waals surface area contributed by atoms with Crippen molar-refractivity contribution in [2.45, 2.75) is 32.7 Å². The number of aromatic nitrogens is 1. The van der Waals surface area contributed by atoms with E-state index in [0.717, 1.165) is 5.69 Å². The van der Waals surface area contributed by atoms with Gasteiger partial charge in [0, 0.05) is 11.9 Å². The zero-order valence-corrected chi connectivity index (χ0v) is 10.8. The summed E-state index contributed by atoms with van der Waals surface area (Å²) in [6.45, 7) is 5.38. The van der Waals surface area contributed by atoms with Crippen LogP contribution < -0.4 is 11.1 Å². The van der Waals surface area contributed by atoms with Crippen molar-refractivity contribution in [1.82, 2.24) is 10.3 Å². The van der Waals surface area contributed by atoms with E-state index < -0.39 is 5.54 Å². The molecule has 0 aliphatic rings. The molecule has 0 aromatic carbocycles. The van der Waals surface area contributed by atoms with Gasteiger partial charge in [0.25, 0.3) is 5.91 Å². The van der Waals surface area contributed by atoms with E-state index in [1.54, 1.807) is 19.1 Å². The van der Waals surface area contributed by atoms with E-state index in [-0.39, 0.29) is 11.7 Å². The van der Waals surface area contributed by atoms with Crippen LogP contribution in [0.15, 0.2) is 23.5 Å². The number of aryl methyl sites for hydroxylation is 1. The summed E-state index contributed by atoms with van der Waals surface area (Å²) in [5, 5.41) is 14.4. The molecule has 6 heteroatoms. The lowest BCUT2D eigenvalue weighted by molar-refractivity contribution is 0.0924. The summed E-state index contributed by atoms with van der Waals surface area (Å²) in [5.74, 6) is -0.336. The monoisotopic (exact) mass is 250 g/mol. The van der Waals surface area contributed by atoms with Gasteiger partial charge in [-0.1, -0.05) is 12.1 Å². The van der Waals surface area contributed by atoms with Crippen LogP contribution in [0.25, 0.3) is 0 Å². The zero-order chi connectivity index (χ0) is 13.8. The first-order valence-corrected chi connectivity index (χ1v) is 5.66. The van der Waals surface area contributed by atoms with E-state index >= 15 is 0 Å². The highest BCUT2D eigenvalue weighted by Crippen LogP contribution is 2.11. The van der Waals surface area contributed by atoms with Crippen LogP contribution in [0.3, 0.4) is 0 Å². The molecule has 98 valence electrons. The summed E-state index contributed by atoms with van der Waals surface area (Å²) < 4.78 is 0. The highest BCUT2D eigenvalue weighted by atomic mass is 16.4. The van der Waals surface area contributed by atoms with Crippen LogP contribution >= 0.6 is 0 Å². The van der Waals surface area contributed by atoms with E-state index in [9.17, 15) is 4.79 Å². The van der Waals surface area contributed by atoms with Crippen molar-refractivity contribution >= 4 is 11.7 Å². The third-order valence-corrected chi connectivity index (χ3v) is 2.94. The third kappa shape index (κ3) is 2.97. The second kappa shape index (κ2) is 5.48. The molecule has 0 aliphatic heterocycles. The summed E-state index contributed by atoms with van der Waals surface area (Å²) in [7, 11) is 0. The molecule has 1 amide bonds. The lowest BCUT2D eigenvalue weighted by atomic mass is 9.97. The molecule has 1 unspecified atom stereocenters. The molecule has 1 rings (SSSR count). The topological polar surface area (TPSA) is 101 Å². The number of hydrogen-bond acceptors (Lipinski definition) is 4. The summed E-state index contributed by atoms with van der Waals surface area (Å²) in [4.78, 5) is 16.1. The van der Waals surface area contributed by atoms with Crippen LogP contribution in [0, 0.1) is 6.92 Å². The molecule has 0 spiro atoms. The molecule has 0 radical (unpaired) electrons. The SMILES string of the molecule is CCC(C)(NC(=O)c1ccc(C)nc1)/C(N)=N/O. The molecule has 0 fully saturated rings. The third-order valence-electron chi connectivity index (χ3n) is 2.94. The second-order valence-corrected chi connectivity index (χ2v) is 4.31. The number of nitrogens with zero attached hydrogens (tertiary/aromatic N) is 2. The highest BCUT2D eigenvalue weighted by Gasteiger charge is 2.29. The highest BCUT2D eigenvalue weighted by molar-refractivity contribution is 5.99. The standard InChI is InChI=1S/C12H18N4O2/c1-4-12(3,11(13)16-18)15-10(17)9-6-5-8(2)14-7-9/h5-7,18H,4H2,1-3H3,(H2,13,16)(H,15,17). The molecule has 0 saturated carbocycles. The minimum absolute atomic E-state index is 0.0292. The Morgan fingerprint density at radius 3 is 2.72 bits per heavy atom. The minimum atomic E-state index is -0.878. The molecular weight excluding hydrogens is 232 g/mol. The van der Waals surface area contributed by atoms with Gasteiger partial charge >= 0.3 is 0 Å². The Kier molecular flexibility index (Phi) is 4.25. The van der Waals surface area contributed by atoms with Crippen LogP contribution in [0.5, 0.6) is 0 Å². The smallest absolute Gasteiger partial charge is 0.253 e. The van der Waals surface area contributed by atoms with E-state index in [0.29, 0.717) is 12.0 Å². The number of carbonyl (C=O) groups is 1. The average molecular weight is 250 g/mol. The molecule has 0 saturated heterocycles. The average Bonchev–Trinajstić information content (AvgIpc) is 2.38. The second-order valence-electron chi connectivity index (χ2n) is 4.31. The molecular formula is C12H18N4O2. The Morgan fingerprint density at radius 1 is 1.61 bits per heavy atom. The quantitative estimate of drug-likeness (QED) is 0.321. The van der Waals surface area contributed by atoms with Gasteiger partial charge in [-0.2, -0.15) is 0 Å². The first kappa shape index (κ1) is 14.0. The molecule has 1 aromatic heterocycles. The van der Waals surface area contributed by atoms with Crippen molar-refractivity contribution < 1.29 is 10.0 Å². The molecule has 1 heterocycles. The van der Waals surface area contributed by atoms with Crippen molar-refractivity contribution in [2.75, 3.05) is 0 Å². The van der Waals surface area contributed by atoms with E-state index in [1.165, 1.54) is 6.20 Å². The Hall–Kier alpha value is -2.11. The van der Waals surface area contributed by atoms with Gasteiger partial charge in [-0.3, -0.25) is 9.78 Å². The maximum atomic E-state index is 12.0. The van der Waals surface area contributed by atoms with Crippen LogP contribution in [-0.2, 0) is 0 Å². The maximum Gasteiger partial charge on any atom is 0.253 e. The first-order valence-electron chi connectivity index (χ1n) is 5.66. The molecule has 4 N–H and O–H groups in total. The lowest BCUT2D eigenvalue weighted by Crippen LogP contribution is -2.55. The predicted octanol–water partition coefficient (Wildman–Crippen LogP) is 1.03. The van der Waals surface area contributed by atoms with Gasteiger partial charge in [-0.15, -0.1) is 0 Å². The van der Waals surface area contributed by atoms with Gasteiger partial charge < -0.3 is 16.3 Å². The van der Waals surface area contributed by atoms with Gasteiger partial charge in [0.15, 0.2) is 5.84 Å². The summed E-state index contributed by atoms with van der Waals surface area (Å²) in [6, 6.07) is 3.43. The van der Waals surface area contributed by atoms with Gasteiger partial charge in [-0.05, 0) is 32.4 Å². The summed E-state index contributed by atoms with van der Waals surface area (Å²) in [5.41, 5.74) is 5.97. The fourth-order valence-electron chi connectivity index (χ4n) is 1.37. The Balaban J connectivity index is 2.89. The maximum absolute atomic E-state index is 12.0. The number of pyridine rings is 1. The number of amidine groups is 1. The lowest BCUT2D eigenvalue weighted by Gasteiger charge is -2.27. The Bertz CT molecular complexity index is 456. The molecule has 6 nitrogen and oxygen atoms in total. The Labute approximate surface area is 106 Å². The van der Waals surface area contributed by atoms with E-state index in [2.05, 4.69) is 15.5 Å². The number of nitrogens with two attached hydrogens (primary N) is 1. The number of carbonyl (C=O) groups excluding carboxylic acids is 1. The number of hydrogen-bond donors (Lipinski definition) is 3. The van der Waals surface area contributed by atoms with Crippen molar-refractivity contribution in [3.05, 3.63) is 29.6 Å². The van der Waals surface area contributed by atoms with Crippen molar-refractivity contribution in [1.29, 1.82) is 0 Å². The van der Waals surface area contributed by atoms with Crippen LogP contribution in [0.4, 0.5) is 0 Å². The van der Waals surface area contributed by atoms with E-state index in [1.807, 2.05) is 13.8 Å². The molecule has 0 aliphatic carbocycles. The van der Waals surface area contributed by atoms with Crippen LogP contribution in [-0.4, -0.2) is 27.5 Å². The first-order chi connectivity index (χ1) is 8.42. The largest absolute Gasteiger partial charge is 0.409 e. The molecule has 0 bridgehead atoms. The van der Waals surface area contributed by atoms with Crippen molar-refractivity contribution in [2.24, 2.45) is 10.9 Å². The number of nitrogens with one attached hydrogen (secondary N) is 1. The van der Waals surface area contributed by atoms with Gasteiger partial charge in [0.1, 0.15) is 0 Å². The molecule has 1 aromatic rings. The number of oxime groups is 1. The minimum Gasteiger partial charge on any atom is -0.409 e. The summed E-state index contributed by atoms with van der Waals surface area (Å²) >= 11 is 0. The predicted molar refractivity (Wildman–Crippen MR) is 68.5 cm³/mol. The van der Waals surface area contributed by atoms with Crippen LogP contribution in [0.2, 0.25) is 0 Å². The van der Waals surface area contributed by atoms with Crippen molar-refractivity contribution in [3.63, 3.8) is 0 Å². The van der Waals surface area contributed by atoms with Gasteiger partial charge in [0.2, 0.25) is 0 Å². The van der Waals surface area contributed by atoms with E-state index in [4.69, 9.17) is 10.9 Å². The zero-order valence-electron chi connectivity index (χ0n) is 10.8.